The van der Waals surface area contributed by atoms with Gasteiger partial charge in [-0.2, -0.15) is 0 Å². The minimum atomic E-state index is -0.501. The fourth-order valence-electron chi connectivity index (χ4n) is 4.45. The summed E-state index contributed by atoms with van der Waals surface area (Å²) < 4.78 is 5.97. The Kier molecular flexibility index (Phi) is 6.62. The fraction of sp³-hybridized carbons (Fsp3) is 0.296. The number of aryl methyl sites for hydroxylation is 1. The number of anilines is 1. The topological polar surface area (TPSA) is 38.3 Å². The third-order valence-electron chi connectivity index (χ3n) is 6.21. The van der Waals surface area contributed by atoms with Crippen molar-refractivity contribution in [2.75, 3.05) is 5.32 Å². The molecule has 0 aliphatic heterocycles. The largest absolute Gasteiger partial charge is 0.489 e. The molecule has 3 aromatic rings. The van der Waals surface area contributed by atoms with E-state index in [2.05, 4.69) is 5.32 Å². The molecular formula is C27H28ClNO2. The number of carbonyl (C=O) groups excluding carboxylic acids is 1. The van der Waals surface area contributed by atoms with Crippen LogP contribution in [-0.2, 0) is 16.8 Å². The zero-order valence-corrected chi connectivity index (χ0v) is 18.6. The van der Waals surface area contributed by atoms with Gasteiger partial charge < -0.3 is 10.1 Å². The van der Waals surface area contributed by atoms with Crippen molar-refractivity contribution in [2.45, 2.75) is 51.0 Å². The quantitative estimate of drug-likeness (QED) is 0.451. The van der Waals surface area contributed by atoms with Crippen LogP contribution in [0.3, 0.4) is 0 Å². The molecule has 1 N–H and O–H groups in total. The highest BCUT2D eigenvalue weighted by molar-refractivity contribution is 6.30. The molecule has 0 atom stereocenters. The van der Waals surface area contributed by atoms with E-state index in [1.807, 2.05) is 79.7 Å². The Bertz CT molecular complexity index is 1020. The first-order valence-corrected chi connectivity index (χ1v) is 11.3. The van der Waals surface area contributed by atoms with Crippen molar-refractivity contribution in [3.63, 3.8) is 0 Å². The molecule has 160 valence electrons. The van der Waals surface area contributed by atoms with E-state index in [-0.39, 0.29) is 5.91 Å². The third-order valence-corrected chi connectivity index (χ3v) is 6.46. The van der Waals surface area contributed by atoms with Gasteiger partial charge in [-0.1, -0.05) is 73.3 Å². The molecule has 1 amide bonds. The van der Waals surface area contributed by atoms with Crippen LogP contribution in [0.25, 0.3) is 0 Å². The number of nitrogens with one attached hydrogen (secondary N) is 1. The Morgan fingerprint density at radius 3 is 2.35 bits per heavy atom. The standard InChI is InChI=1S/C27H28ClNO2/c1-20-18-24(14-15-25(20)31-19-21-8-4-2-5-9-21)29-26(30)27(16-6-3-7-17-27)22-10-12-23(28)13-11-22/h2,4-5,8-15,18H,3,6-7,16-17,19H2,1H3,(H,29,30). The SMILES string of the molecule is Cc1cc(NC(=O)C2(c3ccc(Cl)cc3)CCCCC2)ccc1OCc1ccccc1. The van der Waals surface area contributed by atoms with Gasteiger partial charge in [0.05, 0.1) is 5.41 Å². The van der Waals surface area contributed by atoms with Crippen molar-refractivity contribution >= 4 is 23.2 Å². The molecule has 0 radical (unpaired) electrons. The monoisotopic (exact) mass is 433 g/mol. The third kappa shape index (κ3) is 4.94. The molecule has 3 aromatic carbocycles. The van der Waals surface area contributed by atoms with Crippen LogP contribution in [0, 0.1) is 6.92 Å². The minimum Gasteiger partial charge on any atom is -0.489 e. The van der Waals surface area contributed by atoms with Crippen molar-refractivity contribution in [2.24, 2.45) is 0 Å². The first-order valence-electron chi connectivity index (χ1n) is 10.9. The van der Waals surface area contributed by atoms with Crippen molar-refractivity contribution in [3.8, 4) is 5.75 Å². The summed E-state index contributed by atoms with van der Waals surface area (Å²) in [5.74, 6) is 0.888. The van der Waals surface area contributed by atoms with Crippen molar-refractivity contribution in [1.29, 1.82) is 0 Å². The lowest BCUT2D eigenvalue weighted by Crippen LogP contribution is -2.42. The Morgan fingerprint density at radius 1 is 0.968 bits per heavy atom. The van der Waals surface area contributed by atoms with Gasteiger partial charge >= 0.3 is 0 Å². The smallest absolute Gasteiger partial charge is 0.235 e. The van der Waals surface area contributed by atoms with Crippen LogP contribution in [0.15, 0.2) is 72.8 Å². The zero-order chi connectivity index (χ0) is 21.7. The second-order valence-electron chi connectivity index (χ2n) is 8.36. The van der Waals surface area contributed by atoms with E-state index >= 15 is 0 Å². The lowest BCUT2D eigenvalue weighted by atomic mass is 9.68. The van der Waals surface area contributed by atoms with Crippen molar-refractivity contribution in [1.82, 2.24) is 0 Å². The lowest BCUT2D eigenvalue weighted by molar-refractivity contribution is -0.122. The van der Waals surface area contributed by atoms with Gasteiger partial charge in [-0.25, -0.2) is 0 Å². The maximum Gasteiger partial charge on any atom is 0.235 e. The van der Waals surface area contributed by atoms with Gasteiger partial charge in [0, 0.05) is 10.7 Å². The molecule has 4 rings (SSSR count). The second-order valence-corrected chi connectivity index (χ2v) is 8.79. The molecule has 31 heavy (non-hydrogen) atoms. The molecule has 0 unspecified atom stereocenters. The highest BCUT2D eigenvalue weighted by Gasteiger charge is 2.41. The molecular weight excluding hydrogens is 406 g/mol. The number of amides is 1. The van der Waals surface area contributed by atoms with E-state index in [0.717, 1.165) is 53.8 Å². The Hall–Kier alpha value is -2.78. The summed E-state index contributed by atoms with van der Waals surface area (Å²) in [5, 5.41) is 3.87. The van der Waals surface area contributed by atoms with E-state index < -0.39 is 5.41 Å². The van der Waals surface area contributed by atoms with Gasteiger partial charge in [-0.15, -0.1) is 0 Å². The van der Waals surface area contributed by atoms with Crippen LogP contribution in [0.4, 0.5) is 5.69 Å². The highest BCUT2D eigenvalue weighted by Crippen LogP contribution is 2.41. The maximum absolute atomic E-state index is 13.5. The van der Waals surface area contributed by atoms with Crippen LogP contribution < -0.4 is 10.1 Å². The number of hydrogen-bond donors (Lipinski definition) is 1. The minimum absolute atomic E-state index is 0.0619. The fourth-order valence-corrected chi connectivity index (χ4v) is 4.57. The van der Waals surface area contributed by atoms with Gasteiger partial charge in [0.15, 0.2) is 0 Å². The van der Waals surface area contributed by atoms with Gasteiger partial charge in [-0.05, 0) is 66.8 Å². The van der Waals surface area contributed by atoms with Gasteiger partial charge in [-0.3, -0.25) is 4.79 Å². The van der Waals surface area contributed by atoms with E-state index in [0.29, 0.717) is 11.6 Å². The maximum atomic E-state index is 13.5. The van der Waals surface area contributed by atoms with Gasteiger partial charge in [0.25, 0.3) is 0 Å². The molecule has 1 aliphatic carbocycles. The molecule has 4 heteroatoms. The number of ether oxygens (including phenoxy) is 1. The van der Waals surface area contributed by atoms with Crippen LogP contribution in [-0.4, -0.2) is 5.91 Å². The second kappa shape index (κ2) is 9.57. The Labute approximate surface area is 189 Å². The van der Waals surface area contributed by atoms with E-state index in [1.165, 1.54) is 6.42 Å². The van der Waals surface area contributed by atoms with Gasteiger partial charge in [0.1, 0.15) is 12.4 Å². The van der Waals surface area contributed by atoms with Crippen molar-refractivity contribution < 1.29 is 9.53 Å². The first-order chi connectivity index (χ1) is 15.1. The summed E-state index contributed by atoms with van der Waals surface area (Å²) >= 11 is 6.09. The zero-order valence-electron chi connectivity index (χ0n) is 17.9. The molecule has 3 nitrogen and oxygen atoms in total. The summed E-state index contributed by atoms with van der Waals surface area (Å²) in [5.41, 5.74) is 3.47. The molecule has 0 spiro atoms. The summed E-state index contributed by atoms with van der Waals surface area (Å²) in [7, 11) is 0. The van der Waals surface area contributed by atoms with Gasteiger partial charge in [0.2, 0.25) is 5.91 Å². The number of hydrogen-bond acceptors (Lipinski definition) is 2. The molecule has 1 fully saturated rings. The van der Waals surface area contributed by atoms with Crippen LogP contribution in [0.5, 0.6) is 5.75 Å². The molecule has 0 saturated heterocycles. The average Bonchev–Trinajstić information content (AvgIpc) is 2.80. The van der Waals surface area contributed by atoms with Crippen molar-refractivity contribution in [3.05, 3.63) is 94.5 Å². The number of rotatable bonds is 6. The molecule has 1 saturated carbocycles. The summed E-state index contributed by atoms with van der Waals surface area (Å²) in [6.45, 7) is 2.53. The number of benzene rings is 3. The molecule has 1 aliphatic rings. The average molecular weight is 434 g/mol. The van der Waals surface area contributed by atoms with Crippen LogP contribution >= 0.6 is 11.6 Å². The summed E-state index contributed by atoms with van der Waals surface area (Å²) in [6.07, 6.45) is 5.01. The Balaban J connectivity index is 1.49. The first kappa shape index (κ1) is 21.5. The predicted octanol–water partition coefficient (Wildman–Crippen LogP) is 7.07. The lowest BCUT2D eigenvalue weighted by Gasteiger charge is -2.36. The molecule has 0 bridgehead atoms. The van der Waals surface area contributed by atoms with E-state index in [9.17, 15) is 4.79 Å². The highest BCUT2D eigenvalue weighted by atomic mass is 35.5. The molecule has 0 heterocycles. The number of halogens is 1. The number of carbonyl (C=O) groups is 1. The van der Waals surface area contributed by atoms with E-state index in [1.54, 1.807) is 0 Å². The van der Waals surface area contributed by atoms with E-state index in [4.69, 9.17) is 16.3 Å². The summed E-state index contributed by atoms with van der Waals surface area (Å²) in [4.78, 5) is 13.5. The normalized spacial score (nSPS) is 15.3. The van der Waals surface area contributed by atoms with Crippen LogP contribution in [0.1, 0.15) is 48.8 Å². The Morgan fingerprint density at radius 2 is 1.68 bits per heavy atom. The summed E-state index contributed by atoms with van der Waals surface area (Å²) in [6, 6.07) is 23.7. The predicted molar refractivity (Wildman–Crippen MR) is 127 cm³/mol. The molecule has 0 aromatic heterocycles. The van der Waals surface area contributed by atoms with Crippen LogP contribution in [0.2, 0.25) is 5.02 Å².